The Bertz CT molecular complexity index is 349. The van der Waals surface area contributed by atoms with E-state index in [0.717, 1.165) is 39.3 Å². The van der Waals surface area contributed by atoms with Crippen molar-refractivity contribution in [2.45, 2.75) is 13.5 Å². The third-order valence-electron chi connectivity index (χ3n) is 3.04. The van der Waals surface area contributed by atoms with Gasteiger partial charge in [0.05, 0.1) is 13.2 Å². The van der Waals surface area contributed by atoms with Crippen molar-refractivity contribution in [2.24, 2.45) is 0 Å². The fraction of sp³-hybridized carbons (Fsp3) is 0.818. The van der Waals surface area contributed by atoms with E-state index in [-0.39, 0.29) is 6.61 Å². The molecule has 0 amide bonds. The molecule has 1 aliphatic rings. The van der Waals surface area contributed by atoms with Crippen LogP contribution in [0, 0.1) is 0 Å². The van der Waals surface area contributed by atoms with Crippen molar-refractivity contribution in [3.05, 3.63) is 5.89 Å². The first-order valence-corrected chi connectivity index (χ1v) is 6.44. The zero-order valence-corrected chi connectivity index (χ0v) is 10.8. The number of hydrogen-bond acceptors (Lipinski definition) is 7. The summed E-state index contributed by atoms with van der Waals surface area (Å²) in [5.74, 6) is 0.629. The van der Waals surface area contributed by atoms with Gasteiger partial charge in [0.25, 0.3) is 0 Å². The van der Waals surface area contributed by atoms with Crippen molar-refractivity contribution in [1.29, 1.82) is 0 Å². The van der Waals surface area contributed by atoms with Crippen LogP contribution in [0.5, 0.6) is 0 Å². The molecule has 2 heterocycles. The molecule has 2 rings (SSSR count). The van der Waals surface area contributed by atoms with Gasteiger partial charge in [0.1, 0.15) is 0 Å². The number of hydrogen-bond donors (Lipinski definition) is 2. The monoisotopic (exact) mass is 255 g/mol. The molecule has 102 valence electrons. The maximum Gasteiger partial charge on any atom is 0.318 e. The average molecular weight is 255 g/mol. The Hall–Kier alpha value is -1.18. The van der Waals surface area contributed by atoms with Crippen molar-refractivity contribution in [1.82, 2.24) is 20.4 Å². The van der Waals surface area contributed by atoms with Crippen LogP contribution in [0.15, 0.2) is 4.42 Å². The number of aliphatic hydroxyl groups is 1. The van der Waals surface area contributed by atoms with Gasteiger partial charge < -0.3 is 19.7 Å². The smallest absolute Gasteiger partial charge is 0.318 e. The summed E-state index contributed by atoms with van der Waals surface area (Å²) in [6, 6.07) is 0.603. The van der Waals surface area contributed by atoms with Gasteiger partial charge in [-0.2, -0.15) is 0 Å². The summed E-state index contributed by atoms with van der Waals surface area (Å²) in [5, 5.41) is 20.1. The molecule has 0 unspecified atom stereocenters. The van der Waals surface area contributed by atoms with Crippen LogP contribution in [-0.2, 0) is 6.54 Å². The molecular weight excluding hydrogens is 234 g/mol. The summed E-state index contributed by atoms with van der Waals surface area (Å²) in [4.78, 5) is 4.32. The molecule has 0 atom stereocenters. The van der Waals surface area contributed by atoms with Gasteiger partial charge >= 0.3 is 6.01 Å². The van der Waals surface area contributed by atoms with Crippen LogP contribution >= 0.6 is 0 Å². The maximum atomic E-state index is 8.88. The molecule has 2 N–H and O–H groups in total. The molecule has 1 aromatic rings. The lowest BCUT2D eigenvalue weighted by Gasteiger charge is -2.33. The highest BCUT2D eigenvalue weighted by atomic mass is 16.4. The van der Waals surface area contributed by atoms with Gasteiger partial charge in [-0.1, -0.05) is 12.0 Å². The molecule has 0 radical (unpaired) electrons. The molecule has 1 fully saturated rings. The van der Waals surface area contributed by atoms with Crippen molar-refractivity contribution < 1.29 is 9.52 Å². The van der Waals surface area contributed by atoms with E-state index in [1.54, 1.807) is 0 Å². The SMILES string of the molecule is CCNCc1nnc(N2CCN(CCO)CC2)o1. The topological polar surface area (TPSA) is 77.7 Å². The van der Waals surface area contributed by atoms with E-state index in [0.29, 0.717) is 18.5 Å². The van der Waals surface area contributed by atoms with Crippen LogP contribution < -0.4 is 10.2 Å². The minimum Gasteiger partial charge on any atom is -0.407 e. The normalized spacial score (nSPS) is 17.3. The summed E-state index contributed by atoms with van der Waals surface area (Å²) in [6.07, 6.45) is 0. The summed E-state index contributed by atoms with van der Waals surface area (Å²) in [5.41, 5.74) is 0. The van der Waals surface area contributed by atoms with Crippen LogP contribution in [0.25, 0.3) is 0 Å². The van der Waals surface area contributed by atoms with Crippen LogP contribution in [0.4, 0.5) is 6.01 Å². The van der Waals surface area contributed by atoms with Crippen LogP contribution in [-0.4, -0.2) is 66.1 Å². The highest BCUT2D eigenvalue weighted by Gasteiger charge is 2.20. The summed E-state index contributed by atoms with van der Waals surface area (Å²) >= 11 is 0. The van der Waals surface area contributed by atoms with Crippen LogP contribution in [0.3, 0.4) is 0 Å². The molecule has 0 aromatic carbocycles. The predicted molar refractivity (Wildman–Crippen MR) is 67.4 cm³/mol. The second-order valence-electron chi connectivity index (χ2n) is 4.31. The minimum absolute atomic E-state index is 0.216. The molecule has 7 heteroatoms. The lowest BCUT2D eigenvalue weighted by atomic mass is 10.3. The Morgan fingerprint density at radius 3 is 2.72 bits per heavy atom. The lowest BCUT2D eigenvalue weighted by molar-refractivity contribution is 0.187. The first kappa shape index (κ1) is 13.3. The van der Waals surface area contributed by atoms with Gasteiger partial charge in [-0.15, -0.1) is 5.10 Å². The second kappa shape index (κ2) is 6.67. The Morgan fingerprint density at radius 2 is 2.06 bits per heavy atom. The molecular formula is C11H21N5O2. The van der Waals surface area contributed by atoms with E-state index in [9.17, 15) is 0 Å². The number of aliphatic hydroxyl groups excluding tert-OH is 1. The molecule has 1 saturated heterocycles. The van der Waals surface area contributed by atoms with Crippen molar-refractivity contribution in [2.75, 3.05) is 50.8 Å². The quantitative estimate of drug-likeness (QED) is 0.695. The van der Waals surface area contributed by atoms with Crippen LogP contribution in [0.2, 0.25) is 0 Å². The van der Waals surface area contributed by atoms with E-state index in [2.05, 4.69) is 25.3 Å². The van der Waals surface area contributed by atoms with E-state index in [4.69, 9.17) is 9.52 Å². The Labute approximate surface area is 107 Å². The van der Waals surface area contributed by atoms with E-state index in [1.807, 2.05) is 6.92 Å². The number of anilines is 1. The van der Waals surface area contributed by atoms with E-state index >= 15 is 0 Å². The fourth-order valence-electron chi connectivity index (χ4n) is 1.98. The molecule has 1 aliphatic heterocycles. The molecule has 0 saturated carbocycles. The zero-order valence-electron chi connectivity index (χ0n) is 10.8. The van der Waals surface area contributed by atoms with Gasteiger partial charge in [0.15, 0.2) is 0 Å². The molecule has 0 aliphatic carbocycles. The first-order chi connectivity index (χ1) is 8.83. The summed E-state index contributed by atoms with van der Waals surface area (Å²) in [6.45, 7) is 8.07. The Morgan fingerprint density at radius 1 is 1.28 bits per heavy atom. The van der Waals surface area contributed by atoms with Crippen molar-refractivity contribution in [3.8, 4) is 0 Å². The highest BCUT2D eigenvalue weighted by Crippen LogP contribution is 2.14. The Balaban J connectivity index is 1.83. The first-order valence-electron chi connectivity index (χ1n) is 6.44. The third-order valence-corrected chi connectivity index (χ3v) is 3.04. The molecule has 18 heavy (non-hydrogen) atoms. The average Bonchev–Trinajstić information content (AvgIpc) is 2.86. The third kappa shape index (κ3) is 3.41. The van der Waals surface area contributed by atoms with Crippen molar-refractivity contribution >= 4 is 6.01 Å². The van der Waals surface area contributed by atoms with Crippen molar-refractivity contribution in [3.63, 3.8) is 0 Å². The minimum atomic E-state index is 0.216. The molecule has 0 bridgehead atoms. The molecule has 1 aromatic heterocycles. The number of nitrogens with one attached hydrogen (secondary N) is 1. The fourth-order valence-corrected chi connectivity index (χ4v) is 1.98. The standard InChI is InChI=1S/C11H21N5O2/c1-2-12-9-10-13-14-11(18-10)16-5-3-15(4-6-16)7-8-17/h12,17H,2-9H2,1H3. The Kier molecular flexibility index (Phi) is 4.91. The maximum absolute atomic E-state index is 8.88. The van der Waals surface area contributed by atoms with E-state index in [1.165, 1.54) is 0 Å². The lowest BCUT2D eigenvalue weighted by Crippen LogP contribution is -2.47. The number of nitrogens with zero attached hydrogens (tertiary/aromatic N) is 4. The molecule has 0 spiro atoms. The summed E-state index contributed by atoms with van der Waals surface area (Å²) < 4.78 is 5.59. The van der Waals surface area contributed by atoms with E-state index < -0.39 is 0 Å². The van der Waals surface area contributed by atoms with Crippen LogP contribution in [0.1, 0.15) is 12.8 Å². The second-order valence-corrected chi connectivity index (χ2v) is 4.31. The van der Waals surface area contributed by atoms with Gasteiger partial charge in [-0.3, -0.25) is 4.90 Å². The predicted octanol–water partition coefficient (Wildman–Crippen LogP) is -0.707. The number of rotatable bonds is 6. The zero-order chi connectivity index (χ0) is 12.8. The van der Waals surface area contributed by atoms with Gasteiger partial charge in [0, 0.05) is 32.7 Å². The number of piperazine rings is 1. The van der Waals surface area contributed by atoms with Gasteiger partial charge in [-0.05, 0) is 6.54 Å². The summed E-state index contributed by atoms with van der Waals surface area (Å²) in [7, 11) is 0. The molecule has 7 nitrogen and oxygen atoms in total. The van der Waals surface area contributed by atoms with Gasteiger partial charge in [0.2, 0.25) is 5.89 Å². The highest BCUT2D eigenvalue weighted by molar-refractivity contribution is 5.25. The number of β-amino-alcohol motifs (C(OH)–C–C–N with tert-alkyl or cyclic N) is 1. The largest absolute Gasteiger partial charge is 0.407 e. The van der Waals surface area contributed by atoms with Gasteiger partial charge in [-0.25, -0.2) is 0 Å². The number of aromatic nitrogens is 2.